The van der Waals surface area contributed by atoms with E-state index in [1.807, 2.05) is 69.6 Å². The van der Waals surface area contributed by atoms with Crippen LogP contribution in [-0.2, 0) is 15.0 Å². The van der Waals surface area contributed by atoms with Crippen molar-refractivity contribution in [3.8, 4) is 22.0 Å². The van der Waals surface area contributed by atoms with Crippen molar-refractivity contribution in [2.24, 2.45) is 5.92 Å². The molecule has 3 aliphatic rings. The van der Waals surface area contributed by atoms with E-state index in [0.29, 0.717) is 34.6 Å². The minimum absolute atomic E-state index is 0.0568. The molecule has 2 N–H and O–H groups in total. The lowest BCUT2D eigenvalue weighted by Crippen LogP contribution is -2.48. The number of aliphatic hydroxyl groups excluding tert-OH is 1. The van der Waals surface area contributed by atoms with Gasteiger partial charge in [0.15, 0.2) is 5.76 Å². The Bertz CT molecular complexity index is 2790. The van der Waals surface area contributed by atoms with Gasteiger partial charge in [-0.25, -0.2) is 4.98 Å². The second-order valence-corrected chi connectivity index (χ2v) is 20.0. The summed E-state index contributed by atoms with van der Waals surface area (Å²) in [7, 11) is 0. The summed E-state index contributed by atoms with van der Waals surface area (Å²) < 4.78 is 13.9. The molecule has 65 heavy (non-hydrogen) atoms. The summed E-state index contributed by atoms with van der Waals surface area (Å²) in [6.45, 7) is 15.4. The van der Waals surface area contributed by atoms with Gasteiger partial charge in [0.1, 0.15) is 17.8 Å². The number of carbonyl (C=O) groups excluding carboxylic acids is 2. The van der Waals surface area contributed by atoms with Crippen LogP contribution in [0.4, 0.5) is 0 Å². The first kappa shape index (κ1) is 44.8. The van der Waals surface area contributed by atoms with Crippen molar-refractivity contribution in [3.05, 3.63) is 122 Å². The lowest BCUT2D eigenvalue weighted by atomic mass is 9.81. The number of aliphatic hydroxyl groups is 1. The van der Waals surface area contributed by atoms with Crippen LogP contribution in [0.5, 0.6) is 5.88 Å². The van der Waals surface area contributed by atoms with E-state index in [4.69, 9.17) is 20.9 Å². The molecule has 0 radical (unpaired) electrons. The van der Waals surface area contributed by atoms with E-state index in [2.05, 4.69) is 62.0 Å². The molecule has 6 aromatic rings. The quantitative estimate of drug-likeness (QED) is 0.108. The number of aryl methyl sites for hydroxylation is 1. The summed E-state index contributed by atoms with van der Waals surface area (Å²) in [4.78, 5) is 55.0. The summed E-state index contributed by atoms with van der Waals surface area (Å²) in [5.74, 6) is 0.363. The number of carbonyl (C=O) groups is 2. The van der Waals surface area contributed by atoms with E-state index >= 15 is 0 Å². The molecule has 13 nitrogen and oxygen atoms in total. The van der Waals surface area contributed by atoms with Crippen LogP contribution in [-0.4, -0.2) is 91.3 Å². The standard InChI is InChI=1S/C50H56ClN7O6S/c1-28(2)43(48(62)57-26-35(59)24-40(57)46(60)53-29(3)31-11-13-33(14-12-31)45-30(4)52-27-65-45)41-25-42(55-64-41)63-22-8-19-56-20-17-32(18-21-56)34-15-16-38-36(23-34)50(5,6)49-54-47(61)44-37(51)9-7-10-39(44)58(38)49/h7,9-16,23,25,27-29,32,35,40,43,59H,8,17-22,24,26H2,1-6H3,(H,53,60)/t29-,35+,40-,43+/m0/s1. The number of nitrogens with zero attached hydrogens (tertiary/aromatic N) is 6. The molecular weight excluding hydrogens is 862 g/mol. The number of piperidine rings is 1. The Morgan fingerprint density at radius 2 is 1.83 bits per heavy atom. The number of benzene rings is 3. The molecule has 3 aliphatic heterocycles. The van der Waals surface area contributed by atoms with Crippen molar-refractivity contribution >= 4 is 45.7 Å². The summed E-state index contributed by atoms with van der Waals surface area (Å²) in [6, 6.07) is 20.9. The molecule has 2 amide bonds. The first-order valence-corrected chi connectivity index (χ1v) is 23.9. The van der Waals surface area contributed by atoms with Crippen LogP contribution >= 0.6 is 22.9 Å². The number of thiazole rings is 1. The van der Waals surface area contributed by atoms with Crippen molar-refractivity contribution < 1.29 is 24.0 Å². The highest BCUT2D eigenvalue weighted by Gasteiger charge is 2.44. The smallest absolute Gasteiger partial charge is 0.282 e. The highest BCUT2D eigenvalue weighted by atomic mass is 35.5. The average molecular weight is 919 g/mol. The Kier molecular flexibility index (Phi) is 12.5. The minimum Gasteiger partial charge on any atom is -0.475 e. The molecule has 3 aromatic heterocycles. The first-order valence-electron chi connectivity index (χ1n) is 22.7. The van der Waals surface area contributed by atoms with Crippen LogP contribution < -0.4 is 15.6 Å². The molecule has 0 aliphatic carbocycles. The van der Waals surface area contributed by atoms with E-state index in [1.54, 1.807) is 23.5 Å². The van der Waals surface area contributed by atoms with Gasteiger partial charge in [0.2, 0.25) is 11.8 Å². The van der Waals surface area contributed by atoms with Crippen LogP contribution in [0.25, 0.3) is 27.0 Å². The minimum atomic E-state index is -0.824. The molecule has 0 saturated carbocycles. The third-order valence-corrected chi connectivity index (χ3v) is 15.0. The Hall–Kier alpha value is -5.41. The van der Waals surface area contributed by atoms with Gasteiger partial charge in [0.25, 0.3) is 11.4 Å². The van der Waals surface area contributed by atoms with Crippen molar-refractivity contribution in [2.75, 3.05) is 32.8 Å². The first-order chi connectivity index (χ1) is 31.2. The Balaban J connectivity index is 0.766. The number of hydrogen-bond acceptors (Lipinski definition) is 11. The molecule has 340 valence electrons. The van der Waals surface area contributed by atoms with Crippen LogP contribution in [0.1, 0.15) is 112 Å². The fourth-order valence-electron chi connectivity index (χ4n) is 10.1. The molecule has 2 fully saturated rings. The molecule has 2 saturated heterocycles. The zero-order valence-electron chi connectivity index (χ0n) is 37.7. The number of fused-ring (bicyclic) bond motifs is 5. The number of aromatic nitrogens is 4. The van der Waals surface area contributed by atoms with Gasteiger partial charge < -0.3 is 29.5 Å². The summed E-state index contributed by atoms with van der Waals surface area (Å²) >= 11 is 8.06. The molecule has 0 unspecified atom stereocenters. The van der Waals surface area contributed by atoms with Gasteiger partial charge in [-0.1, -0.05) is 67.9 Å². The topological polar surface area (TPSA) is 156 Å². The second-order valence-electron chi connectivity index (χ2n) is 18.7. The Morgan fingerprint density at radius 1 is 1.06 bits per heavy atom. The predicted molar refractivity (Wildman–Crippen MR) is 252 cm³/mol. The number of nitrogens with one attached hydrogen (secondary N) is 1. The maximum absolute atomic E-state index is 14.2. The van der Waals surface area contributed by atoms with Gasteiger partial charge >= 0.3 is 0 Å². The van der Waals surface area contributed by atoms with Crippen LogP contribution in [0, 0.1) is 12.8 Å². The number of β-amino-alcohol motifs (C(OH)–C–C–N with tert-alkyl or cyclic N) is 1. The van der Waals surface area contributed by atoms with Crippen LogP contribution in [0.2, 0.25) is 5.02 Å². The molecule has 0 bridgehead atoms. The number of hydrogen-bond donors (Lipinski definition) is 2. The van der Waals surface area contributed by atoms with Gasteiger partial charge in [-0.05, 0) is 117 Å². The molecule has 0 spiro atoms. The van der Waals surface area contributed by atoms with Gasteiger partial charge in [0, 0.05) is 25.6 Å². The highest BCUT2D eigenvalue weighted by molar-refractivity contribution is 7.13. The van der Waals surface area contributed by atoms with E-state index in [1.165, 1.54) is 16.0 Å². The van der Waals surface area contributed by atoms with Crippen molar-refractivity contribution in [2.45, 2.75) is 103 Å². The maximum Gasteiger partial charge on any atom is 0.282 e. The average Bonchev–Trinajstić information content (AvgIpc) is 4.08. The fraction of sp³-hybridized carbons (Fsp3) is 0.440. The molecule has 6 heterocycles. The predicted octanol–water partition coefficient (Wildman–Crippen LogP) is 8.33. The molecule has 3 aromatic carbocycles. The second kappa shape index (κ2) is 18.1. The number of halogens is 1. The number of rotatable bonds is 13. The fourth-order valence-corrected chi connectivity index (χ4v) is 11.1. The summed E-state index contributed by atoms with van der Waals surface area (Å²) in [5, 5.41) is 18.8. The summed E-state index contributed by atoms with van der Waals surface area (Å²) in [6.07, 6.45) is 2.20. The third kappa shape index (κ3) is 8.61. The number of ether oxygens (including phenoxy) is 1. The Morgan fingerprint density at radius 3 is 2.55 bits per heavy atom. The molecule has 15 heteroatoms. The van der Waals surface area contributed by atoms with Gasteiger partial charge in [0.05, 0.1) is 61.9 Å². The van der Waals surface area contributed by atoms with E-state index in [-0.39, 0.29) is 42.3 Å². The largest absolute Gasteiger partial charge is 0.475 e. The third-order valence-electron chi connectivity index (χ3n) is 13.7. The van der Waals surface area contributed by atoms with Gasteiger partial charge in [-0.3, -0.25) is 19.0 Å². The van der Waals surface area contributed by atoms with Crippen molar-refractivity contribution in [3.63, 3.8) is 0 Å². The lowest BCUT2D eigenvalue weighted by molar-refractivity contribution is -0.141. The molecule has 9 rings (SSSR count). The number of likely N-dealkylation sites (tertiary alicyclic amines) is 2. The normalized spacial score (nSPS) is 19.4. The highest BCUT2D eigenvalue weighted by Crippen LogP contribution is 2.45. The van der Waals surface area contributed by atoms with Crippen molar-refractivity contribution in [1.82, 2.24) is 34.8 Å². The zero-order valence-corrected chi connectivity index (χ0v) is 39.3. The van der Waals surface area contributed by atoms with E-state index < -0.39 is 23.5 Å². The molecular formula is C50H56ClN7O6S. The van der Waals surface area contributed by atoms with Crippen LogP contribution in [0.3, 0.4) is 0 Å². The zero-order chi connectivity index (χ0) is 45.7. The SMILES string of the molecule is Cc1ncsc1-c1ccc([C@H](C)NC(=O)[C@@H]2C[C@@H](O)CN2C(=O)[C@@H](c2cc(OCCCN3CCC(c4ccc5c(c4)C(C)(C)c4nc(=O)c6c(Cl)cccc6n4-5)CC3)no2)C(C)C)cc1. The maximum atomic E-state index is 14.2. The number of amides is 2. The van der Waals surface area contributed by atoms with Crippen molar-refractivity contribution in [1.29, 1.82) is 0 Å². The molecule has 4 atom stereocenters. The van der Waals surface area contributed by atoms with E-state index in [9.17, 15) is 19.5 Å². The van der Waals surface area contributed by atoms with Gasteiger partial charge in [-0.2, -0.15) is 4.98 Å². The monoisotopic (exact) mass is 917 g/mol. The lowest BCUT2D eigenvalue weighted by Gasteiger charge is -2.32. The van der Waals surface area contributed by atoms with Gasteiger partial charge in [-0.15, -0.1) is 11.3 Å². The summed E-state index contributed by atoms with van der Waals surface area (Å²) in [5.41, 5.74) is 8.39. The van der Waals surface area contributed by atoms with Crippen LogP contribution in [0.15, 0.2) is 81.6 Å². The Labute approximate surface area is 387 Å². The van der Waals surface area contributed by atoms with E-state index in [0.717, 1.165) is 77.6 Å².